The van der Waals surface area contributed by atoms with Crippen LogP contribution in [-0.4, -0.2) is 0 Å². The van der Waals surface area contributed by atoms with E-state index in [0.717, 1.165) is 5.69 Å². The zero-order valence-electron chi connectivity index (χ0n) is 37.5. The van der Waals surface area contributed by atoms with Gasteiger partial charge in [-0.25, -0.2) is 0 Å². The van der Waals surface area contributed by atoms with E-state index < -0.39 is 5.41 Å². The molecule has 0 saturated carbocycles. The van der Waals surface area contributed by atoms with Gasteiger partial charge in [-0.15, -0.1) is 0 Å². The van der Waals surface area contributed by atoms with Crippen LogP contribution >= 0.6 is 0 Å². The average molecular weight is 822 g/mol. The number of aryl methyl sites for hydroxylation is 1. The zero-order valence-corrected chi connectivity index (χ0v) is 37.5. The molecule has 1 aliphatic heterocycles. The lowest BCUT2D eigenvalue weighted by atomic mass is 9.64. The summed E-state index contributed by atoms with van der Waals surface area (Å²) in [6, 6.07) is 80.0. The van der Waals surface area contributed by atoms with Crippen molar-refractivity contribution in [2.45, 2.75) is 52.9 Å². The molecule has 4 N–H and O–H groups in total. The lowest BCUT2D eigenvalue weighted by Gasteiger charge is -2.45. The van der Waals surface area contributed by atoms with Gasteiger partial charge in [-0.1, -0.05) is 222 Å². The second kappa shape index (κ2) is 20.2. The third kappa shape index (κ3) is 8.10. The van der Waals surface area contributed by atoms with Crippen molar-refractivity contribution in [3.63, 3.8) is 0 Å². The fourth-order valence-corrected chi connectivity index (χ4v) is 9.42. The van der Waals surface area contributed by atoms with Gasteiger partial charge in [0.2, 0.25) is 0 Å². The van der Waals surface area contributed by atoms with Gasteiger partial charge in [0.1, 0.15) is 0 Å². The van der Waals surface area contributed by atoms with E-state index in [2.05, 4.69) is 231 Å². The molecular formula is C60H59N3. The van der Waals surface area contributed by atoms with Crippen LogP contribution in [0.25, 0.3) is 33.0 Å². The summed E-state index contributed by atoms with van der Waals surface area (Å²) in [5.74, 6) is 8.29. The Hall–Kier alpha value is -7.04. The Morgan fingerprint density at radius 3 is 1.48 bits per heavy atom. The van der Waals surface area contributed by atoms with E-state index >= 15 is 0 Å². The number of hydrogen-bond acceptors (Lipinski definition) is 3. The molecule has 314 valence electrons. The second-order valence-electron chi connectivity index (χ2n) is 15.3. The summed E-state index contributed by atoms with van der Waals surface area (Å²) in [5.41, 5.74) is 17.5. The lowest BCUT2D eigenvalue weighted by molar-refractivity contribution is 0.754. The predicted octanol–water partition coefficient (Wildman–Crippen LogP) is 15.7. The highest BCUT2D eigenvalue weighted by molar-refractivity contribution is 6.03. The minimum atomic E-state index is -0.502. The van der Waals surface area contributed by atoms with Crippen LogP contribution in [0.5, 0.6) is 0 Å². The zero-order chi connectivity index (χ0) is 44.3. The van der Waals surface area contributed by atoms with E-state index in [4.69, 9.17) is 0 Å². The van der Waals surface area contributed by atoms with E-state index in [0.29, 0.717) is 0 Å². The molecular weight excluding hydrogens is 763 g/mol. The van der Waals surface area contributed by atoms with Gasteiger partial charge < -0.3 is 4.90 Å². The SMILES string of the molecule is CC.CC.CC(c1ccccc1)c1cccc(-c2cccc3c2-c2cc4ccccc4cc2C32c3ccccc3N(c3ccccc3)c3ccccc32)c1.Cc1ccccc1.NN. The van der Waals surface area contributed by atoms with Crippen molar-refractivity contribution in [3.8, 4) is 22.3 Å². The number of benzene rings is 9. The van der Waals surface area contributed by atoms with E-state index in [1.165, 1.54) is 83.3 Å². The average Bonchev–Trinajstić information content (AvgIpc) is 3.65. The standard InChI is InChI=1S/C49H35N.C7H8.2C2H6.H4N2/c1-33(34-16-4-2-5-17-34)35-20-14-21-38(30-35)40-24-15-27-44-48(40)41-31-36-18-8-9-19-37(36)32-45(41)49(44)42-25-10-12-28-46(42)50(39-22-6-3-7-23-39)47-29-13-11-26-43(47)49;1-7-5-3-2-4-6-7;3*1-2/h2-33H,1H3;2-6H,1H3;2*1-2H3;1-2H2. The second-order valence-corrected chi connectivity index (χ2v) is 15.3. The molecule has 1 unspecified atom stereocenters. The lowest BCUT2D eigenvalue weighted by Crippen LogP contribution is -2.36. The molecule has 1 spiro atoms. The first kappa shape index (κ1) is 44.0. The fraction of sp³-hybridized carbons (Fsp3) is 0.133. The van der Waals surface area contributed by atoms with Gasteiger partial charge >= 0.3 is 0 Å². The number of hydrogen-bond donors (Lipinski definition) is 2. The molecule has 2 aliphatic rings. The highest BCUT2D eigenvalue weighted by Gasteiger charge is 2.52. The van der Waals surface area contributed by atoms with Gasteiger partial charge in [-0.2, -0.15) is 0 Å². The smallest absolute Gasteiger partial charge is 0.0754 e. The maximum atomic E-state index is 4.00. The topological polar surface area (TPSA) is 55.3 Å². The number of para-hydroxylation sites is 3. The minimum Gasteiger partial charge on any atom is -0.310 e. The summed E-state index contributed by atoms with van der Waals surface area (Å²) in [6.45, 7) is 12.4. The van der Waals surface area contributed by atoms with Gasteiger partial charge in [0.05, 0.1) is 16.8 Å². The quantitative estimate of drug-likeness (QED) is 0.137. The van der Waals surface area contributed by atoms with Crippen LogP contribution < -0.4 is 16.6 Å². The maximum Gasteiger partial charge on any atom is 0.0754 e. The summed E-state index contributed by atoms with van der Waals surface area (Å²) in [5, 5.41) is 2.53. The van der Waals surface area contributed by atoms with Crippen LogP contribution in [0.3, 0.4) is 0 Å². The Kier molecular flexibility index (Phi) is 14.1. The normalized spacial score (nSPS) is 12.5. The van der Waals surface area contributed by atoms with Gasteiger partial charge in [0, 0.05) is 11.6 Å². The van der Waals surface area contributed by atoms with Crippen LogP contribution in [0.4, 0.5) is 17.1 Å². The first-order valence-corrected chi connectivity index (χ1v) is 22.3. The number of nitrogens with two attached hydrogens (primary N) is 2. The van der Waals surface area contributed by atoms with Crippen molar-refractivity contribution in [1.82, 2.24) is 0 Å². The molecule has 3 nitrogen and oxygen atoms in total. The maximum absolute atomic E-state index is 4.00. The molecule has 0 fully saturated rings. The Bertz CT molecular complexity index is 2840. The monoisotopic (exact) mass is 821 g/mol. The number of anilines is 3. The van der Waals surface area contributed by atoms with E-state index in [1.807, 2.05) is 45.9 Å². The highest BCUT2D eigenvalue weighted by Crippen LogP contribution is 2.65. The Balaban J connectivity index is 0.000000406. The highest BCUT2D eigenvalue weighted by atomic mass is 15.2. The van der Waals surface area contributed by atoms with Crippen LogP contribution in [0.15, 0.2) is 218 Å². The molecule has 0 radical (unpaired) electrons. The molecule has 9 aromatic carbocycles. The van der Waals surface area contributed by atoms with Crippen molar-refractivity contribution < 1.29 is 0 Å². The molecule has 63 heavy (non-hydrogen) atoms. The molecule has 0 bridgehead atoms. The van der Waals surface area contributed by atoms with Crippen LogP contribution in [0.2, 0.25) is 0 Å². The van der Waals surface area contributed by atoms with E-state index in [-0.39, 0.29) is 5.92 Å². The number of fused-ring (bicyclic) bond motifs is 10. The van der Waals surface area contributed by atoms with E-state index in [9.17, 15) is 0 Å². The summed E-state index contributed by atoms with van der Waals surface area (Å²) in [6.07, 6.45) is 0. The van der Waals surface area contributed by atoms with Crippen molar-refractivity contribution in [2.75, 3.05) is 4.90 Å². The van der Waals surface area contributed by atoms with Gasteiger partial charge in [-0.3, -0.25) is 11.7 Å². The Morgan fingerprint density at radius 1 is 0.413 bits per heavy atom. The van der Waals surface area contributed by atoms with Crippen LogP contribution in [0, 0.1) is 6.92 Å². The van der Waals surface area contributed by atoms with Gasteiger partial charge in [-0.05, 0) is 110 Å². The van der Waals surface area contributed by atoms with Crippen molar-refractivity contribution in [3.05, 3.63) is 257 Å². The number of hydrazine groups is 1. The first-order valence-electron chi connectivity index (χ1n) is 22.3. The number of rotatable bonds is 4. The molecule has 11 rings (SSSR count). The van der Waals surface area contributed by atoms with E-state index in [1.54, 1.807) is 0 Å². The molecule has 0 aromatic heterocycles. The third-order valence-electron chi connectivity index (χ3n) is 12.1. The first-order chi connectivity index (χ1) is 31.1. The summed E-state index contributed by atoms with van der Waals surface area (Å²) < 4.78 is 0. The van der Waals surface area contributed by atoms with Crippen LogP contribution in [-0.2, 0) is 5.41 Å². The van der Waals surface area contributed by atoms with Crippen LogP contribution in [0.1, 0.15) is 79.5 Å². The molecule has 1 atom stereocenters. The molecule has 0 amide bonds. The number of nitrogens with zero attached hydrogens (tertiary/aromatic N) is 1. The van der Waals surface area contributed by atoms with Gasteiger partial charge in [0.25, 0.3) is 0 Å². The molecule has 0 saturated heterocycles. The predicted molar refractivity (Wildman–Crippen MR) is 271 cm³/mol. The summed E-state index contributed by atoms with van der Waals surface area (Å²) in [4.78, 5) is 2.45. The Labute approximate surface area is 375 Å². The van der Waals surface area contributed by atoms with Crippen molar-refractivity contribution in [1.29, 1.82) is 0 Å². The summed E-state index contributed by atoms with van der Waals surface area (Å²) in [7, 11) is 0. The molecule has 1 heterocycles. The third-order valence-corrected chi connectivity index (χ3v) is 12.1. The van der Waals surface area contributed by atoms with Gasteiger partial charge in [0.15, 0.2) is 0 Å². The minimum absolute atomic E-state index is 0.288. The molecule has 9 aromatic rings. The van der Waals surface area contributed by atoms with Crippen molar-refractivity contribution >= 4 is 27.8 Å². The van der Waals surface area contributed by atoms with Crippen molar-refractivity contribution in [2.24, 2.45) is 11.7 Å². The molecule has 1 aliphatic carbocycles. The largest absolute Gasteiger partial charge is 0.310 e. The fourth-order valence-electron chi connectivity index (χ4n) is 9.42. The summed E-state index contributed by atoms with van der Waals surface area (Å²) >= 11 is 0. The Morgan fingerprint density at radius 2 is 0.889 bits per heavy atom. The molecule has 3 heteroatoms.